The van der Waals surface area contributed by atoms with E-state index >= 15 is 0 Å². The monoisotopic (exact) mass is 286 g/mol. The summed E-state index contributed by atoms with van der Waals surface area (Å²) in [4.78, 5) is 23.1. The van der Waals surface area contributed by atoms with Gasteiger partial charge in [0.25, 0.3) is 0 Å². The van der Waals surface area contributed by atoms with E-state index in [4.69, 9.17) is 9.47 Å². The number of rotatable bonds is 6. The van der Waals surface area contributed by atoms with Crippen LogP contribution >= 0.6 is 0 Å². The number of hydrogen-bond acceptors (Lipinski definition) is 4. The van der Waals surface area contributed by atoms with Crippen LogP contribution in [0.2, 0.25) is 0 Å². The van der Waals surface area contributed by atoms with E-state index < -0.39 is 11.9 Å². The molecule has 0 amide bonds. The number of hydrogen-bond donors (Lipinski definition) is 0. The molecule has 0 saturated carbocycles. The summed E-state index contributed by atoms with van der Waals surface area (Å²) in [5.74, 6) is -0.185. The molecule has 0 bridgehead atoms. The van der Waals surface area contributed by atoms with Gasteiger partial charge in [-0.25, -0.2) is 9.59 Å². The minimum absolute atomic E-state index is 0.313. The molecule has 21 heavy (non-hydrogen) atoms. The van der Waals surface area contributed by atoms with Crippen LogP contribution in [-0.4, -0.2) is 11.9 Å². The molecule has 0 aliphatic carbocycles. The Hall–Kier alpha value is -2.62. The molecule has 0 aromatic heterocycles. The molecule has 1 aromatic rings. The Morgan fingerprint density at radius 1 is 1.05 bits per heavy atom. The van der Waals surface area contributed by atoms with Crippen LogP contribution in [0.15, 0.2) is 60.7 Å². The van der Waals surface area contributed by atoms with Crippen LogP contribution in [0.3, 0.4) is 0 Å². The van der Waals surface area contributed by atoms with E-state index in [0.29, 0.717) is 29.1 Å². The largest absolute Gasteiger partial charge is 0.423 e. The average Bonchev–Trinajstić information content (AvgIpc) is 2.46. The summed E-state index contributed by atoms with van der Waals surface area (Å²) in [6.45, 7) is 10.3. The van der Waals surface area contributed by atoms with Crippen molar-refractivity contribution in [3.05, 3.63) is 60.7 Å². The van der Waals surface area contributed by atoms with Gasteiger partial charge in [-0.05, 0) is 44.5 Å². The molecule has 0 atom stereocenters. The molecule has 0 fully saturated rings. The fourth-order valence-corrected chi connectivity index (χ4v) is 1.30. The fourth-order valence-electron chi connectivity index (χ4n) is 1.30. The van der Waals surface area contributed by atoms with Crippen molar-refractivity contribution in [2.24, 2.45) is 0 Å². The molecular weight excluding hydrogens is 268 g/mol. The summed E-state index contributed by atoms with van der Waals surface area (Å²) < 4.78 is 10.2. The Morgan fingerprint density at radius 2 is 1.52 bits per heavy atom. The highest BCUT2D eigenvalue weighted by atomic mass is 16.5. The second-order valence-electron chi connectivity index (χ2n) is 4.44. The summed E-state index contributed by atoms with van der Waals surface area (Å²) in [5, 5.41) is 0. The van der Waals surface area contributed by atoms with Crippen LogP contribution in [0.4, 0.5) is 0 Å². The fraction of sp³-hybridized carbons (Fsp3) is 0.176. The molecule has 0 N–H and O–H groups in total. The highest BCUT2D eigenvalue weighted by molar-refractivity contribution is 5.90. The summed E-state index contributed by atoms with van der Waals surface area (Å²) in [7, 11) is 0. The van der Waals surface area contributed by atoms with Crippen LogP contribution in [-0.2, 0) is 9.59 Å². The lowest BCUT2D eigenvalue weighted by molar-refractivity contribution is -0.131. The maximum absolute atomic E-state index is 11.7. The molecule has 0 saturated heterocycles. The lowest BCUT2D eigenvalue weighted by atomic mass is 10.2. The molecule has 0 aliphatic heterocycles. The van der Waals surface area contributed by atoms with Gasteiger partial charge in [0, 0.05) is 11.1 Å². The van der Waals surface area contributed by atoms with Gasteiger partial charge in [-0.2, -0.15) is 0 Å². The summed E-state index contributed by atoms with van der Waals surface area (Å²) in [6, 6.07) is 6.21. The van der Waals surface area contributed by atoms with E-state index in [2.05, 4.69) is 13.2 Å². The van der Waals surface area contributed by atoms with Crippen LogP contribution < -0.4 is 9.47 Å². The minimum Gasteiger partial charge on any atom is -0.423 e. The number of carbonyl (C=O) groups is 2. The summed E-state index contributed by atoms with van der Waals surface area (Å²) >= 11 is 0. The minimum atomic E-state index is -0.497. The number of carbonyl (C=O) groups excluding carboxylic acids is 2. The van der Waals surface area contributed by atoms with Gasteiger partial charge < -0.3 is 9.47 Å². The topological polar surface area (TPSA) is 52.6 Å². The van der Waals surface area contributed by atoms with Gasteiger partial charge >= 0.3 is 11.9 Å². The Kier molecular flexibility index (Phi) is 6.14. The predicted molar refractivity (Wildman–Crippen MR) is 81.1 cm³/mol. The van der Waals surface area contributed by atoms with Crippen molar-refractivity contribution in [2.75, 3.05) is 0 Å². The van der Waals surface area contributed by atoms with E-state index in [-0.39, 0.29) is 0 Å². The molecule has 4 heteroatoms. The highest BCUT2D eigenvalue weighted by Crippen LogP contribution is 2.19. The lowest BCUT2D eigenvalue weighted by Crippen LogP contribution is -2.10. The second kappa shape index (κ2) is 7.85. The van der Waals surface area contributed by atoms with Crippen LogP contribution in [0.1, 0.15) is 20.3 Å². The molecule has 0 spiro atoms. The smallest absolute Gasteiger partial charge is 0.338 e. The van der Waals surface area contributed by atoms with E-state index in [1.165, 1.54) is 0 Å². The van der Waals surface area contributed by atoms with Gasteiger partial charge in [-0.1, -0.05) is 18.7 Å². The Morgan fingerprint density at radius 3 is 1.95 bits per heavy atom. The van der Waals surface area contributed by atoms with Gasteiger partial charge in [0.1, 0.15) is 11.5 Å². The molecular formula is C17H18O4. The SMILES string of the molecule is C=CCC=C(C)C(=O)Oc1ccc(OC(=O)C(=C)C)cc1. The number of ether oxygens (including phenoxy) is 2. The number of allylic oxidation sites excluding steroid dienone is 2. The zero-order chi connectivity index (χ0) is 15.8. The van der Waals surface area contributed by atoms with Crippen LogP contribution in [0.5, 0.6) is 11.5 Å². The van der Waals surface area contributed by atoms with Gasteiger partial charge in [0.05, 0.1) is 0 Å². The van der Waals surface area contributed by atoms with E-state index in [1.807, 2.05) is 0 Å². The van der Waals surface area contributed by atoms with Crippen LogP contribution in [0.25, 0.3) is 0 Å². The first-order chi connectivity index (χ1) is 9.93. The van der Waals surface area contributed by atoms with E-state index in [9.17, 15) is 9.59 Å². The first kappa shape index (κ1) is 16.4. The molecule has 1 aromatic carbocycles. The van der Waals surface area contributed by atoms with Crippen molar-refractivity contribution in [1.82, 2.24) is 0 Å². The zero-order valence-corrected chi connectivity index (χ0v) is 12.2. The van der Waals surface area contributed by atoms with Crippen molar-refractivity contribution >= 4 is 11.9 Å². The molecule has 4 nitrogen and oxygen atoms in total. The van der Waals surface area contributed by atoms with Gasteiger partial charge in [-0.15, -0.1) is 6.58 Å². The van der Waals surface area contributed by atoms with Crippen molar-refractivity contribution in [2.45, 2.75) is 20.3 Å². The summed E-state index contributed by atoms with van der Waals surface area (Å²) in [6.07, 6.45) is 4.04. The molecule has 0 heterocycles. The molecule has 0 unspecified atom stereocenters. The highest BCUT2D eigenvalue weighted by Gasteiger charge is 2.08. The second-order valence-corrected chi connectivity index (χ2v) is 4.44. The molecule has 0 radical (unpaired) electrons. The maximum Gasteiger partial charge on any atom is 0.338 e. The quantitative estimate of drug-likeness (QED) is 0.347. The Labute approximate surface area is 124 Å². The maximum atomic E-state index is 11.7. The van der Waals surface area contributed by atoms with Crippen molar-refractivity contribution in [1.29, 1.82) is 0 Å². The van der Waals surface area contributed by atoms with Crippen molar-refractivity contribution in [3.8, 4) is 11.5 Å². The van der Waals surface area contributed by atoms with Crippen LogP contribution in [0, 0.1) is 0 Å². The van der Waals surface area contributed by atoms with Crippen molar-refractivity contribution in [3.63, 3.8) is 0 Å². The molecule has 110 valence electrons. The predicted octanol–water partition coefficient (Wildman–Crippen LogP) is 3.60. The first-order valence-corrected chi connectivity index (χ1v) is 6.41. The van der Waals surface area contributed by atoms with Gasteiger partial charge in [0.2, 0.25) is 0 Å². The number of esters is 2. The van der Waals surface area contributed by atoms with Gasteiger partial charge in [-0.3, -0.25) is 0 Å². The van der Waals surface area contributed by atoms with E-state index in [0.717, 1.165) is 0 Å². The lowest BCUT2D eigenvalue weighted by Gasteiger charge is -2.06. The van der Waals surface area contributed by atoms with Crippen molar-refractivity contribution < 1.29 is 19.1 Å². The van der Waals surface area contributed by atoms with Gasteiger partial charge in [0.15, 0.2) is 0 Å². The third kappa shape index (κ3) is 5.48. The number of benzene rings is 1. The first-order valence-electron chi connectivity index (χ1n) is 6.41. The third-order valence-electron chi connectivity index (χ3n) is 2.51. The zero-order valence-electron chi connectivity index (χ0n) is 12.2. The molecule has 0 aliphatic rings. The average molecular weight is 286 g/mol. The Balaban J connectivity index is 2.66. The van der Waals surface area contributed by atoms with E-state index in [1.54, 1.807) is 50.3 Å². The normalized spacial score (nSPS) is 10.7. The third-order valence-corrected chi connectivity index (χ3v) is 2.51. The molecule has 1 rings (SSSR count). The standard InChI is InChI=1S/C17H18O4/c1-5-6-7-13(4)17(19)21-15-10-8-14(9-11-15)20-16(18)12(2)3/h5,7-11H,1-2,6H2,3-4H3. The Bertz CT molecular complexity index is 579. The summed E-state index contributed by atoms with van der Waals surface area (Å²) in [5.41, 5.74) is 0.821.